The van der Waals surface area contributed by atoms with Crippen molar-refractivity contribution in [2.75, 3.05) is 31.2 Å². The highest BCUT2D eigenvalue weighted by molar-refractivity contribution is 5.55. The standard InChI is InChI=1S/C16H17F4NO/c1-2-3-4-5-6-11-12(17)14(19)16(15(20)13(11)18)21-7-9-22-10-8-21/h2-4,7-10H2,1H3. The van der Waals surface area contributed by atoms with Crippen molar-refractivity contribution >= 4 is 5.69 Å². The molecule has 1 heterocycles. The van der Waals surface area contributed by atoms with Crippen molar-refractivity contribution in [3.05, 3.63) is 28.8 Å². The average Bonchev–Trinajstić information content (AvgIpc) is 2.53. The molecule has 0 bridgehead atoms. The Hall–Kier alpha value is -1.74. The van der Waals surface area contributed by atoms with E-state index in [4.69, 9.17) is 4.74 Å². The maximum atomic E-state index is 14.1. The number of benzene rings is 1. The highest BCUT2D eigenvalue weighted by atomic mass is 19.2. The van der Waals surface area contributed by atoms with Crippen LogP contribution in [-0.4, -0.2) is 26.3 Å². The van der Waals surface area contributed by atoms with Gasteiger partial charge in [0.05, 0.1) is 13.2 Å². The minimum atomic E-state index is -1.44. The summed E-state index contributed by atoms with van der Waals surface area (Å²) >= 11 is 0. The molecule has 1 fully saturated rings. The molecule has 0 saturated carbocycles. The van der Waals surface area contributed by atoms with Gasteiger partial charge in [0, 0.05) is 19.5 Å². The Balaban J connectivity index is 2.40. The lowest BCUT2D eigenvalue weighted by atomic mass is 10.1. The Bertz CT molecular complexity index is 571. The number of anilines is 1. The van der Waals surface area contributed by atoms with Gasteiger partial charge < -0.3 is 9.64 Å². The van der Waals surface area contributed by atoms with Gasteiger partial charge in [-0.05, 0) is 6.42 Å². The van der Waals surface area contributed by atoms with Crippen molar-refractivity contribution in [2.45, 2.75) is 26.2 Å². The van der Waals surface area contributed by atoms with Crippen LogP contribution in [0.4, 0.5) is 23.2 Å². The predicted molar refractivity (Wildman–Crippen MR) is 75.7 cm³/mol. The Morgan fingerprint density at radius 3 is 2.14 bits per heavy atom. The van der Waals surface area contributed by atoms with Crippen LogP contribution in [0.3, 0.4) is 0 Å². The molecule has 6 heteroatoms. The van der Waals surface area contributed by atoms with Gasteiger partial charge in [-0.15, -0.1) is 0 Å². The van der Waals surface area contributed by atoms with Gasteiger partial charge in [-0.1, -0.05) is 25.2 Å². The van der Waals surface area contributed by atoms with E-state index in [-0.39, 0.29) is 26.3 Å². The Labute approximate surface area is 127 Å². The van der Waals surface area contributed by atoms with Crippen molar-refractivity contribution in [1.82, 2.24) is 0 Å². The molecule has 1 aliphatic rings. The molecule has 1 aromatic rings. The summed E-state index contributed by atoms with van der Waals surface area (Å²) in [7, 11) is 0. The first-order chi connectivity index (χ1) is 10.6. The van der Waals surface area contributed by atoms with Gasteiger partial charge >= 0.3 is 0 Å². The average molecular weight is 315 g/mol. The second-order valence-electron chi connectivity index (χ2n) is 4.98. The Morgan fingerprint density at radius 1 is 1.00 bits per heavy atom. The maximum Gasteiger partial charge on any atom is 0.186 e. The summed E-state index contributed by atoms with van der Waals surface area (Å²) in [5, 5.41) is 0. The number of hydrogen-bond donors (Lipinski definition) is 0. The van der Waals surface area contributed by atoms with E-state index in [1.165, 1.54) is 4.90 Å². The third kappa shape index (κ3) is 3.36. The van der Waals surface area contributed by atoms with Crippen LogP contribution in [0.15, 0.2) is 0 Å². The number of ether oxygens (including phenoxy) is 1. The van der Waals surface area contributed by atoms with Gasteiger partial charge in [-0.2, -0.15) is 0 Å². The molecular weight excluding hydrogens is 298 g/mol. The number of morpholine rings is 1. The second kappa shape index (κ2) is 7.50. The topological polar surface area (TPSA) is 12.5 Å². The zero-order valence-electron chi connectivity index (χ0n) is 12.3. The summed E-state index contributed by atoms with van der Waals surface area (Å²) in [6.07, 6.45) is 2.05. The lowest BCUT2D eigenvalue weighted by molar-refractivity contribution is 0.122. The minimum Gasteiger partial charge on any atom is -0.378 e. The van der Waals surface area contributed by atoms with Gasteiger partial charge in [-0.25, -0.2) is 17.6 Å². The maximum absolute atomic E-state index is 14.1. The summed E-state index contributed by atoms with van der Waals surface area (Å²) < 4.78 is 61.4. The summed E-state index contributed by atoms with van der Waals surface area (Å²) in [6, 6.07) is 0. The third-order valence-electron chi connectivity index (χ3n) is 3.44. The summed E-state index contributed by atoms with van der Waals surface area (Å²) in [5.41, 5.74) is -1.53. The first-order valence-electron chi connectivity index (χ1n) is 7.25. The van der Waals surface area contributed by atoms with Crippen LogP contribution in [0, 0.1) is 35.1 Å². The Kier molecular flexibility index (Phi) is 5.67. The third-order valence-corrected chi connectivity index (χ3v) is 3.44. The predicted octanol–water partition coefficient (Wildman–Crippen LogP) is 3.62. The van der Waals surface area contributed by atoms with Crippen LogP contribution < -0.4 is 4.90 Å². The zero-order valence-corrected chi connectivity index (χ0v) is 12.3. The van der Waals surface area contributed by atoms with Crippen LogP contribution in [0.25, 0.3) is 0 Å². The van der Waals surface area contributed by atoms with Crippen LogP contribution >= 0.6 is 0 Å². The van der Waals surface area contributed by atoms with E-state index in [1.807, 2.05) is 6.92 Å². The number of unbranched alkanes of at least 4 members (excludes halogenated alkanes) is 2. The molecule has 0 N–H and O–H groups in total. The first-order valence-corrected chi connectivity index (χ1v) is 7.25. The van der Waals surface area contributed by atoms with E-state index in [9.17, 15) is 17.6 Å². The molecule has 120 valence electrons. The molecule has 0 amide bonds. The SMILES string of the molecule is CCCCC#Cc1c(F)c(F)c(N2CCOCC2)c(F)c1F. The first kappa shape index (κ1) is 16.6. The van der Waals surface area contributed by atoms with Gasteiger partial charge in [0.15, 0.2) is 23.3 Å². The summed E-state index contributed by atoms with van der Waals surface area (Å²) in [6.45, 7) is 2.79. The molecule has 0 unspecified atom stereocenters. The summed E-state index contributed by atoms with van der Waals surface area (Å²) in [4.78, 5) is 1.24. The quantitative estimate of drug-likeness (QED) is 0.366. The molecule has 0 spiro atoms. The largest absolute Gasteiger partial charge is 0.378 e. The molecule has 22 heavy (non-hydrogen) atoms. The molecule has 1 aromatic carbocycles. The van der Waals surface area contributed by atoms with E-state index >= 15 is 0 Å². The fourth-order valence-electron chi connectivity index (χ4n) is 2.21. The fraction of sp³-hybridized carbons (Fsp3) is 0.500. The lowest BCUT2D eigenvalue weighted by Crippen LogP contribution is -2.37. The molecule has 1 saturated heterocycles. The normalized spacial score (nSPS) is 14.7. The molecule has 0 atom stereocenters. The smallest absolute Gasteiger partial charge is 0.186 e. The van der Waals surface area contributed by atoms with Gasteiger partial charge in [0.25, 0.3) is 0 Å². The molecule has 0 radical (unpaired) electrons. The monoisotopic (exact) mass is 315 g/mol. The van der Waals surface area contributed by atoms with Crippen molar-refractivity contribution in [1.29, 1.82) is 0 Å². The highest BCUT2D eigenvalue weighted by Gasteiger charge is 2.28. The molecule has 0 aromatic heterocycles. The van der Waals surface area contributed by atoms with E-state index < -0.39 is 34.5 Å². The van der Waals surface area contributed by atoms with E-state index in [2.05, 4.69) is 11.8 Å². The molecule has 2 rings (SSSR count). The number of rotatable bonds is 3. The minimum absolute atomic E-state index is 0.175. The second-order valence-corrected chi connectivity index (χ2v) is 4.98. The molecule has 2 nitrogen and oxygen atoms in total. The lowest BCUT2D eigenvalue weighted by Gasteiger charge is -2.29. The van der Waals surface area contributed by atoms with Gasteiger partial charge in [0.2, 0.25) is 0 Å². The Morgan fingerprint density at radius 2 is 1.59 bits per heavy atom. The van der Waals surface area contributed by atoms with Crippen LogP contribution in [0.1, 0.15) is 31.7 Å². The van der Waals surface area contributed by atoms with Crippen molar-refractivity contribution in [3.63, 3.8) is 0 Å². The van der Waals surface area contributed by atoms with Crippen LogP contribution in [0.5, 0.6) is 0 Å². The highest BCUT2D eigenvalue weighted by Crippen LogP contribution is 2.31. The van der Waals surface area contributed by atoms with Gasteiger partial charge in [0.1, 0.15) is 11.3 Å². The van der Waals surface area contributed by atoms with Crippen LogP contribution in [0.2, 0.25) is 0 Å². The number of halogens is 4. The van der Waals surface area contributed by atoms with Crippen molar-refractivity contribution < 1.29 is 22.3 Å². The van der Waals surface area contributed by atoms with Gasteiger partial charge in [-0.3, -0.25) is 0 Å². The molecular formula is C16H17F4NO. The van der Waals surface area contributed by atoms with E-state index in [1.54, 1.807) is 0 Å². The molecule has 0 aliphatic carbocycles. The van der Waals surface area contributed by atoms with Crippen molar-refractivity contribution in [3.8, 4) is 11.8 Å². The fourth-order valence-corrected chi connectivity index (χ4v) is 2.21. The van der Waals surface area contributed by atoms with E-state index in [0.29, 0.717) is 6.42 Å². The van der Waals surface area contributed by atoms with E-state index in [0.717, 1.165) is 12.8 Å². The van der Waals surface area contributed by atoms with Crippen LogP contribution in [-0.2, 0) is 4.74 Å². The molecule has 1 aliphatic heterocycles. The summed E-state index contributed by atoms with van der Waals surface area (Å²) in [5.74, 6) is -0.940. The number of nitrogens with zero attached hydrogens (tertiary/aromatic N) is 1. The number of hydrogen-bond acceptors (Lipinski definition) is 2. The zero-order chi connectivity index (χ0) is 16.1. The van der Waals surface area contributed by atoms with Crippen molar-refractivity contribution in [2.24, 2.45) is 0 Å².